The van der Waals surface area contributed by atoms with E-state index in [1.807, 2.05) is 19.3 Å². The van der Waals surface area contributed by atoms with Crippen molar-refractivity contribution >= 4 is 5.95 Å². The van der Waals surface area contributed by atoms with Crippen LogP contribution in [0.25, 0.3) is 0 Å². The lowest BCUT2D eigenvalue weighted by Gasteiger charge is -2.26. The van der Waals surface area contributed by atoms with E-state index >= 15 is 0 Å². The molecule has 1 fully saturated rings. The van der Waals surface area contributed by atoms with Crippen LogP contribution >= 0.6 is 0 Å². The number of nitrogens with zero attached hydrogens (tertiary/aromatic N) is 2. The van der Waals surface area contributed by atoms with Crippen molar-refractivity contribution in [2.75, 3.05) is 5.32 Å². The molecule has 2 N–H and O–H groups in total. The predicted octanol–water partition coefficient (Wildman–Crippen LogP) is 1.50. The van der Waals surface area contributed by atoms with Crippen LogP contribution in [0, 0.1) is 6.92 Å². The number of hydrogen-bond acceptors (Lipinski definition) is 4. The highest BCUT2D eigenvalue weighted by Crippen LogP contribution is 2.20. The number of aromatic nitrogens is 2. The van der Waals surface area contributed by atoms with Crippen LogP contribution in [0.1, 0.15) is 31.2 Å². The Hall–Kier alpha value is -1.16. The molecular formula is C11H17N3O. The first-order chi connectivity index (χ1) is 7.24. The average molecular weight is 207 g/mol. The Morgan fingerprint density at radius 1 is 1.20 bits per heavy atom. The van der Waals surface area contributed by atoms with Crippen molar-refractivity contribution in [3.05, 3.63) is 18.0 Å². The number of nitrogens with one attached hydrogen (secondary N) is 1. The molecule has 2 rings (SSSR count). The summed E-state index contributed by atoms with van der Waals surface area (Å²) in [6, 6.07) is 0.413. The third kappa shape index (κ3) is 2.89. The predicted molar refractivity (Wildman–Crippen MR) is 58.7 cm³/mol. The van der Waals surface area contributed by atoms with Crippen LogP contribution < -0.4 is 5.32 Å². The van der Waals surface area contributed by atoms with Gasteiger partial charge in [0.2, 0.25) is 5.95 Å². The van der Waals surface area contributed by atoms with E-state index in [9.17, 15) is 5.11 Å². The molecule has 0 spiro atoms. The van der Waals surface area contributed by atoms with Crippen molar-refractivity contribution in [2.24, 2.45) is 0 Å². The third-order valence-corrected chi connectivity index (χ3v) is 2.81. The molecule has 0 unspecified atom stereocenters. The van der Waals surface area contributed by atoms with Gasteiger partial charge in [-0.1, -0.05) is 0 Å². The molecule has 0 saturated heterocycles. The lowest BCUT2D eigenvalue weighted by atomic mass is 9.93. The summed E-state index contributed by atoms with van der Waals surface area (Å²) in [6.45, 7) is 1.97. The quantitative estimate of drug-likeness (QED) is 0.771. The van der Waals surface area contributed by atoms with Crippen molar-refractivity contribution in [3.63, 3.8) is 0 Å². The van der Waals surface area contributed by atoms with Crippen LogP contribution in [-0.4, -0.2) is 27.2 Å². The Labute approximate surface area is 89.8 Å². The molecule has 1 aliphatic carbocycles. The van der Waals surface area contributed by atoms with E-state index < -0.39 is 0 Å². The van der Waals surface area contributed by atoms with Gasteiger partial charge in [0, 0.05) is 18.4 Å². The Morgan fingerprint density at radius 2 is 1.80 bits per heavy atom. The van der Waals surface area contributed by atoms with Crippen LogP contribution in [0.3, 0.4) is 0 Å². The van der Waals surface area contributed by atoms with Crippen LogP contribution in [0.2, 0.25) is 0 Å². The minimum atomic E-state index is -0.109. The molecule has 4 nitrogen and oxygen atoms in total. The monoisotopic (exact) mass is 207 g/mol. The fraction of sp³-hybridized carbons (Fsp3) is 0.636. The molecule has 82 valence electrons. The second-order valence-corrected chi connectivity index (χ2v) is 4.23. The molecule has 1 heterocycles. The highest BCUT2D eigenvalue weighted by atomic mass is 16.3. The third-order valence-electron chi connectivity index (χ3n) is 2.81. The number of aliphatic hydroxyl groups is 1. The Kier molecular flexibility index (Phi) is 3.16. The van der Waals surface area contributed by atoms with Gasteiger partial charge < -0.3 is 10.4 Å². The van der Waals surface area contributed by atoms with Crippen LogP contribution in [0.5, 0.6) is 0 Å². The normalized spacial score (nSPS) is 26.3. The highest BCUT2D eigenvalue weighted by Gasteiger charge is 2.19. The molecule has 0 bridgehead atoms. The molecule has 1 aromatic rings. The minimum absolute atomic E-state index is 0.109. The van der Waals surface area contributed by atoms with E-state index in [0.717, 1.165) is 31.2 Å². The zero-order valence-corrected chi connectivity index (χ0v) is 8.98. The molecule has 15 heavy (non-hydrogen) atoms. The molecule has 1 saturated carbocycles. The van der Waals surface area contributed by atoms with Crippen molar-refractivity contribution in [1.29, 1.82) is 0 Å². The molecule has 0 aliphatic heterocycles. The summed E-state index contributed by atoms with van der Waals surface area (Å²) in [5, 5.41) is 12.7. The van der Waals surface area contributed by atoms with E-state index in [4.69, 9.17) is 0 Å². The molecule has 4 heteroatoms. The van der Waals surface area contributed by atoms with Gasteiger partial charge in [-0.25, -0.2) is 9.97 Å². The first-order valence-electron chi connectivity index (χ1n) is 5.47. The first kappa shape index (κ1) is 10.4. The fourth-order valence-electron chi connectivity index (χ4n) is 1.87. The molecule has 1 aromatic heterocycles. The maximum atomic E-state index is 9.37. The summed E-state index contributed by atoms with van der Waals surface area (Å²) < 4.78 is 0. The largest absolute Gasteiger partial charge is 0.393 e. The minimum Gasteiger partial charge on any atom is -0.393 e. The van der Waals surface area contributed by atoms with Crippen LogP contribution in [0.4, 0.5) is 5.95 Å². The van der Waals surface area contributed by atoms with Crippen LogP contribution in [-0.2, 0) is 0 Å². The van der Waals surface area contributed by atoms with Gasteiger partial charge in [-0.05, 0) is 38.2 Å². The summed E-state index contributed by atoms with van der Waals surface area (Å²) >= 11 is 0. The average Bonchev–Trinajstić information content (AvgIpc) is 2.25. The fourth-order valence-corrected chi connectivity index (χ4v) is 1.87. The summed E-state index contributed by atoms with van der Waals surface area (Å²) in [4.78, 5) is 8.41. The highest BCUT2D eigenvalue weighted by molar-refractivity contribution is 5.26. The van der Waals surface area contributed by atoms with E-state index in [2.05, 4.69) is 15.3 Å². The van der Waals surface area contributed by atoms with Gasteiger partial charge in [-0.15, -0.1) is 0 Å². The first-order valence-corrected chi connectivity index (χ1v) is 5.47. The van der Waals surface area contributed by atoms with Gasteiger partial charge in [0.1, 0.15) is 0 Å². The van der Waals surface area contributed by atoms with Crippen molar-refractivity contribution < 1.29 is 5.11 Å². The second kappa shape index (κ2) is 4.57. The Morgan fingerprint density at radius 3 is 2.40 bits per heavy atom. The standard InChI is InChI=1S/C11H17N3O/c1-8-6-12-11(13-7-8)14-9-2-4-10(15)5-3-9/h6-7,9-10,15H,2-5H2,1H3,(H,12,13,14). The van der Waals surface area contributed by atoms with Gasteiger partial charge in [0.25, 0.3) is 0 Å². The smallest absolute Gasteiger partial charge is 0.222 e. The van der Waals surface area contributed by atoms with Gasteiger partial charge >= 0.3 is 0 Å². The number of rotatable bonds is 2. The Bertz CT molecular complexity index is 304. The maximum Gasteiger partial charge on any atom is 0.222 e. The van der Waals surface area contributed by atoms with Crippen LogP contribution in [0.15, 0.2) is 12.4 Å². The lowest BCUT2D eigenvalue weighted by Crippen LogP contribution is -2.28. The molecule has 0 atom stereocenters. The number of aryl methyl sites for hydroxylation is 1. The number of aliphatic hydroxyl groups excluding tert-OH is 1. The summed E-state index contributed by atoms with van der Waals surface area (Å²) in [6.07, 6.45) is 7.27. The van der Waals surface area contributed by atoms with Gasteiger partial charge in [0.05, 0.1) is 6.10 Å². The van der Waals surface area contributed by atoms with Crippen molar-refractivity contribution in [1.82, 2.24) is 9.97 Å². The summed E-state index contributed by atoms with van der Waals surface area (Å²) in [5.41, 5.74) is 1.07. The molecule has 0 amide bonds. The Balaban J connectivity index is 1.89. The zero-order chi connectivity index (χ0) is 10.7. The summed E-state index contributed by atoms with van der Waals surface area (Å²) in [7, 11) is 0. The molecular weight excluding hydrogens is 190 g/mol. The number of hydrogen-bond donors (Lipinski definition) is 2. The van der Waals surface area contributed by atoms with Gasteiger partial charge in [0.15, 0.2) is 0 Å². The molecule has 0 aromatic carbocycles. The van der Waals surface area contributed by atoms with Gasteiger partial charge in [-0.2, -0.15) is 0 Å². The lowest BCUT2D eigenvalue weighted by molar-refractivity contribution is 0.126. The van der Waals surface area contributed by atoms with E-state index in [1.54, 1.807) is 0 Å². The van der Waals surface area contributed by atoms with E-state index in [0.29, 0.717) is 12.0 Å². The van der Waals surface area contributed by atoms with Crippen molar-refractivity contribution in [2.45, 2.75) is 44.8 Å². The molecule has 0 radical (unpaired) electrons. The van der Waals surface area contributed by atoms with Crippen molar-refractivity contribution in [3.8, 4) is 0 Å². The van der Waals surface area contributed by atoms with E-state index in [-0.39, 0.29) is 6.10 Å². The van der Waals surface area contributed by atoms with Gasteiger partial charge in [-0.3, -0.25) is 0 Å². The maximum absolute atomic E-state index is 9.37. The topological polar surface area (TPSA) is 58.0 Å². The number of anilines is 1. The zero-order valence-electron chi connectivity index (χ0n) is 8.98. The SMILES string of the molecule is Cc1cnc(NC2CCC(O)CC2)nc1. The van der Waals surface area contributed by atoms with E-state index in [1.165, 1.54) is 0 Å². The molecule has 1 aliphatic rings. The second-order valence-electron chi connectivity index (χ2n) is 4.23. The summed E-state index contributed by atoms with van der Waals surface area (Å²) in [5.74, 6) is 0.696.